The number of halogens is 2. The Bertz CT molecular complexity index is 522. The van der Waals surface area contributed by atoms with Crippen molar-refractivity contribution in [3.63, 3.8) is 0 Å². The van der Waals surface area contributed by atoms with Crippen LogP contribution in [0.15, 0.2) is 48.5 Å². The van der Waals surface area contributed by atoms with Gasteiger partial charge in [-0.25, -0.2) is 4.39 Å². The third-order valence-electron chi connectivity index (χ3n) is 3.37. The minimum Gasteiger partial charge on any atom is -0.207 e. The van der Waals surface area contributed by atoms with Gasteiger partial charge in [-0.15, -0.1) is 11.6 Å². The maximum absolute atomic E-state index is 13.0. The van der Waals surface area contributed by atoms with Gasteiger partial charge in [-0.1, -0.05) is 36.4 Å². The van der Waals surface area contributed by atoms with Crippen LogP contribution in [0.3, 0.4) is 0 Å². The second-order valence-corrected chi connectivity index (χ2v) is 5.37. The van der Waals surface area contributed by atoms with Crippen LogP contribution in [0.1, 0.15) is 34.9 Å². The van der Waals surface area contributed by atoms with Gasteiger partial charge in [0.25, 0.3) is 0 Å². The second-order valence-electron chi connectivity index (χ2n) is 4.84. The average Bonchev–Trinajstić information content (AvgIpc) is 2.42. The molecule has 0 aliphatic heterocycles. The lowest BCUT2D eigenvalue weighted by Crippen LogP contribution is -1.95. The van der Waals surface area contributed by atoms with E-state index in [0.29, 0.717) is 0 Å². The summed E-state index contributed by atoms with van der Waals surface area (Å²) in [4.78, 5) is 0. The molecule has 2 aromatic rings. The molecular formula is C17H18ClF. The van der Waals surface area contributed by atoms with Crippen LogP contribution in [0.4, 0.5) is 4.39 Å². The highest BCUT2D eigenvalue weighted by Gasteiger charge is 2.07. The standard InChI is InChI=1S/C17H18ClF/c1-13-12-16(19)11-10-14(13)8-5-9-17(18)15-6-3-2-4-7-15/h2-4,6-7,10-12,17H,5,8-9H2,1H3. The first kappa shape index (κ1) is 14.1. The Morgan fingerprint density at radius 1 is 1.11 bits per heavy atom. The SMILES string of the molecule is Cc1cc(F)ccc1CCCC(Cl)c1ccccc1. The Labute approximate surface area is 119 Å². The van der Waals surface area contributed by atoms with E-state index in [1.807, 2.05) is 31.2 Å². The monoisotopic (exact) mass is 276 g/mol. The van der Waals surface area contributed by atoms with Crippen molar-refractivity contribution in [2.75, 3.05) is 0 Å². The smallest absolute Gasteiger partial charge is 0.123 e. The summed E-state index contributed by atoms with van der Waals surface area (Å²) in [6, 6.07) is 15.1. The number of aryl methyl sites for hydroxylation is 2. The quantitative estimate of drug-likeness (QED) is 0.638. The summed E-state index contributed by atoms with van der Waals surface area (Å²) in [7, 11) is 0. The van der Waals surface area contributed by atoms with Crippen LogP contribution < -0.4 is 0 Å². The lowest BCUT2D eigenvalue weighted by Gasteiger charge is -2.10. The van der Waals surface area contributed by atoms with E-state index in [1.54, 1.807) is 6.07 Å². The van der Waals surface area contributed by atoms with Crippen molar-refractivity contribution in [2.24, 2.45) is 0 Å². The van der Waals surface area contributed by atoms with Gasteiger partial charge < -0.3 is 0 Å². The number of alkyl halides is 1. The molecule has 0 fully saturated rings. The molecule has 0 bridgehead atoms. The van der Waals surface area contributed by atoms with Gasteiger partial charge in [-0.05, 0) is 55.0 Å². The Balaban J connectivity index is 1.86. The Morgan fingerprint density at radius 2 is 1.84 bits per heavy atom. The summed E-state index contributed by atoms with van der Waals surface area (Å²) < 4.78 is 13.0. The molecule has 0 radical (unpaired) electrons. The van der Waals surface area contributed by atoms with Crippen LogP contribution in [0.2, 0.25) is 0 Å². The third-order valence-corrected chi connectivity index (χ3v) is 3.84. The van der Waals surface area contributed by atoms with Gasteiger partial charge >= 0.3 is 0 Å². The van der Waals surface area contributed by atoms with Crippen LogP contribution in [0.5, 0.6) is 0 Å². The van der Waals surface area contributed by atoms with E-state index in [-0.39, 0.29) is 11.2 Å². The molecule has 0 saturated carbocycles. The van der Waals surface area contributed by atoms with Gasteiger partial charge in [-0.2, -0.15) is 0 Å². The Kier molecular flexibility index (Phi) is 4.98. The summed E-state index contributed by atoms with van der Waals surface area (Å²) in [5.41, 5.74) is 3.39. The van der Waals surface area contributed by atoms with Crippen molar-refractivity contribution in [1.82, 2.24) is 0 Å². The van der Waals surface area contributed by atoms with Crippen LogP contribution in [-0.2, 0) is 6.42 Å². The molecule has 0 spiro atoms. The fraction of sp³-hybridized carbons (Fsp3) is 0.294. The highest BCUT2D eigenvalue weighted by molar-refractivity contribution is 6.20. The fourth-order valence-electron chi connectivity index (χ4n) is 2.24. The molecule has 0 aliphatic carbocycles. The van der Waals surface area contributed by atoms with E-state index in [4.69, 9.17) is 11.6 Å². The van der Waals surface area contributed by atoms with Crippen molar-refractivity contribution in [1.29, 1.82) is 0 Å². The van der Waals surface area contributed by atoms with Gasteiger partial charge in [0.2, 0.25) is 0 Å². The topological polar surface area (TPSA) is 0 Å². The molecule has 0 amide bonds. The third kappa shape index (κ3) is 4.07. The second kappa shape index (κ2) is 6.72. The van der Waals surface area contributed by atoms with Crippen LogP contribution >= 0.6 is 11.6 Å². The van der Waals surface area contributed by atoms with Crippen molar-refractivity contribution >= 4 is 11.6 Å². The molecule has 2 rings (SSSR count). The van der Waals surface area contributed by atoms with Crippen molar-refractivity contribution in [3.8, 4) is 0 Å². The average molecular weight is 277 g/mol. The van der Waals surface area contributed by atoms with Crippen molar-refractivity contribution in [2.45, 2.75) is 31.6 Å². The molecule has 0 nitrogen and oxygen atoms in total. The lowest BCUT2D eigenvalue weighted by molar-refractivity contribution is 0.624. The van der Waals surface area contributed by atoms with Gasteiger partial charge in [0.1, 0.15) is 5.82 Å². The molecule has 0 aromatic heterocycles. The van der Waals surface area contributed by atoms with Gasteiger partial charge in [-0.3, -0.25) is 0 Å². The minimum atomic E-state index is -0.166. The van der Waals surface area contributed by atoms with Gasteiger partial charge in [0.15, 0.2) is 0 Å². The van der Waals surface area contributed by atoms with Crippen molar-refractivity contribution < 1.29 is 4.39 Å². The van der Waals surface area contributed by atoms with Crippen LogP contribution in [-0.4, -0.2) is 0 Å². The van der Waals surface area contributed by atoms with E-state index in [2.05, 4.69) is 12.1 Å². The van der Waals surface area contributed by atoms with Crippen molar-refractivity contribution in [3.05, 3.63) is 71.0 Å². The normalized spacial score (nSPS) is 12.4. The largest absolute Gasteiger partial charge is 0.207 e. The maximum atomic E-state index is 13.0. The van der Waals surface area contributed by atoms with Crippen LogP contribution in [0, 0.1) is 12.7 Å². The number of hydrogen-bond acceptors (Lipinski definition) is 0. The molecular weight excluding hydrogens is 259 g/mol. The highest BCUT2D eigenvalue weighted by Crippen LogP contribution is 2.26. The zero-order valence-electron chi connectivity index (χ0n) is 11.1. The fourth-order valence-corrected chi connectivity index (χ4v) is 2.54. The molecule has 0 heterocycles. The summed E-state index contributed by atoms with van der Waals surface area (Å²) in [5, 5.41) is 0.0574. The first-order chi connectivity index (χ1) is 9.16. The summed E-state index contributed by atoms with van der Waals surface area (Å²) in [6.07, 6.45) is 2.89. The number of rotatable bonds is 5. The molecule has 0 N–H and O–H groups in total. The number of benzene rings is 2. The van der Waals surface area contributed by atoms with E-state index in [1.165, 1.54) is 17.2 Å². The molecule has 2 aromatic carbocycles. The van der Waals surface area contributed by atoms with E-state index >= 15 is 0 Å². The van der Waals surface area contributed by atoms with Gasteiger partial charge in [0.05, 0.1) is 5.38 Å². The van der Waals surface area contributed by atoms with Gasteiger partial charge in [0, 0.05) is 0 Å². The zero-order chi connectivity index (χ0) is 13.7. The Hall–Kier alpha value is -1.34. The lowest BCUT2D eigenvalue weighted by atomic mass is 10.0. The van der Waals surface area contributed by atoms with E-state index in [0.717, 1.165) is 24.8 Å². The molecule has 19 heavy (non-hydrogen) atoms. The van der Waals surface area contributed by atoms with Crippen LogP contribution in [0.25, 0.3) is 0 Å². The first-order valence-corrected chi connectivity index (χ1v) is 7.04. The summed E-state index contributed by atoms with van der Waals surface area (Å²) >= 11 is 6.38. The molecule has 1 unspecified atom stereocenters. The zero-order valence-corrected chi connectivity index (χ0v) is 11.8. The summed E-state index contributed by atoms with van der Waals surface area (Å²) in [6.45, 7) is 1.95. The molecule has 0 aliphatic rings. The first-order valence-electron chi connectivity index (χ1n) is 6.61. The number of hydrogen-bond donors (Lipinski definition) is 0. The highest BCUT2D eigenvalue weighted by atomic mass is 35.5. The predicted octanol–water partition coefficient (Wildman–Crippen LogP) is 5.44. The Morgan fingerprint density at radius 3 is 2.53 bits per heavy atom. The predicted molar refractivity (Wildman–Crippen MR) is 79.1 cm³/mol. The van der Waals surface area contributed by atoms with E-state index < -0.39 is 0 Å². The molecule has 0 saturated heterocycles. The van der Waals surface area contributed by atoms with E-state index in [9.17, 15) is 4.39 Å². The molecule has 1 atom stereocenters. The minimum absolute atomic E-state index is 0.0574. The molecule has 2 heteroatoms. The summed E-state index contributed by atoms with van der Waals surface area (Å²) in [5.74, 6) is -0.166. The molecule has 100 valence electrons. The maximum Gasteiger partial charge on any atom is 0.123 e.